The lowest BCUT2D eigenvalue weighted by Gasteiger charge is -2.23. The summed E-state index contributed by atoms with van der Waals surface area (Å²) >= 11 is 0. The van der Waals surface area contributed by atoms with Crippen LogP contribution in [0, 0.1) is 21.2 Å². The molecule has 152 valence electrons. The van der Waals surface area contributed by atoms with Crippen LogP contribution in [0.2, 0.25) is 0 Å². The third-order valence-electron chi connectivity index (χ3n) is 4.11. The highest BCUT2D eigenvalue weighted by Crippen LogP contribution is 2.35. The molecule has 0 saturated carbocycles. The maximum atomic E-state index is 12.6. The summed E-state index contributed by atoms with van der Waals surface area (Å²) in [4.78, 5) is 45.9. The van der Waals surface area contributed by atoms with Crippen LogP contribution in [-0.4, -0.2) is 49.7 Å². The van der Waals surface area contributed by atoms with Gasteiger partial charge in [-0.15, -0.1) is 0 Å². The number of hydrogen-bond acceptors (Lipinski definition) is 8. The molecule has 28 heavy (non-hydrogen) atoms. The quantitative estimate of drug-likeness (QED) is 0.120. The minimum Gasteiger partial charge on any atom is -0.473 e. The number of nitro benzene ring substituents is 1. The van der Waals surface area contributed by atoms with Crippen LogP contribution in [0.4, 0.5) is 5.69 Å². The Morgan fingerprint density at radius 1 is 1.21 bits per heavy atom. The first-order chi connectivity index (χ1) is 13.0. The van der Waals surface area contributed by atoms with Crippen molar-refractivity contribution in [3.63, 3.8) is 0 Å². The Morgan fingerprint density at radius 2 is 1.79 bits per heavy atom. The van der Waals surface area contributed by atoms with Crippen molar-refractivity contribution in [2.45, 2.75) is 39.2 Å². The standard InChI is InChI=1S/C17H20N2O9/c1-4-9(2)28-17(23)13(10(3)20)14(15(16(21)22)19(26)27)11-7-5-6-8-12(11)18(24)25/h5-9,13-14H,4H2,1-3H3,(H,21,22)(H,26,27). The molecular weight excluding hydrogens is 376 g/mol. The van der Waals surface area contributed by atoms with Crippen molar-refractivity contribution in [3.05, 3.63) is 45.2 Å². The molecule has 0 spiro atoms. The van der Waals surface area contributed by atoms with Gasteiger partial charge in [-0.05, 0) is 20.3 Å². The molecule has 1 aromatic rings. The zero-order valence-electron chi connectivity index (χ0n) is 15.4. The molecule has 0 aromatic heterocycles. The Kier molecular flexibility index (Phi) is 7.60. The third kappa shape index (κ3) is 5.02. The van der Waals surface area contributed by atoms with E-state index < -0.39 is 62.4 Å². The number of hydrogen-bond donors (Lipinski definition) is 2. The molecule has 11 heteroatoms. The van der Waals surface area contributed by atoms with Crippen LogP contribution in [0.25, 0.3) is 0 Å². The summed E-state index contributed by atoms with van der Waals surface area (Å²) in [7, 11) is 0. The lowest BCUT2D eigenvalue weighted by atomic mass is 9.79. The molecule has 0 fully saturated rings. The molecule has 1 aromatic carbocycles. The van der Waals surface area contributed by atoms with E-state index in [0.29, 0.717) is 6.42 Å². The average Bonchev–Trinajstić information content (AvgIpc) is 2.59. The molecule has 2 N–H and O–H groups in total. The maximum absolute atomic E-state index is 12.6. The van der Waals surface area contributed by atoms with Crippen LogP contribution in [0.15, 0.2) is 24.3 Å². The van der Waals surface area contributed by atoms with E-state index in [1.807, 2.05) is 0 Å². The van der Waals surface area contributed by atoms with E-state index in [0.717, 1.165) is 19.1 Å². The highest BCUT2D eigenvalue weighted by Gasteiger charge is 2.48. The molecule has 0 heterocycles. The third-order valence-corrected chi connectivity index (χ3v) is 4.11. The molecule has 0 saturated heterocycles. The number of rotatable bonds is 9. The van der Waals surface area contributed by atoms with Gasteiger partial charge in [0.2, 0.25) is 0 Å². The van der Waals surface area contributed by atoms with Gasteiger partial charge in [0, 0.05) is 16.5 Å². The van der Waals surface area contributed by atoms with Crippen molar-refractivity contribution in [2.75, 3.05) is 0 Å². The summed E-state index contributed by atoms with van der Waals surface area (Å²) in [6, 6.07) is 4.71. The number of nitro groups is 1. The predicted molar refractivity (Wildman–Crippen MR) is 93.9 cm³/mol. The Bertz CT molecular complexity index is 815. The van der Waals surface area contributed by atoms with Gasteiger partial charge in [-0.3, -0.25) is 24.9 Å². The highest BCUT2D eigenvalue weighted by atomic mass is 16.8. The summed E-state index contributed by atoms with van der Waals surface area (Å²) in [6.07, 6.45) is -0.248. The zero-order valence-corrected chi connectivity index (χ0v) is 15.4. The van der Waals surface area contributed by atoms with Crippen molar-refractivity contribution < 1.29 is 39.3 Å². The van der Waals surface area contributed by atoms with E-state index in [9.17, 15) is 40.0 Å². The van der Waals surface area contributed by atoms with Gasteiger partial charge >= 0.3 is 17.7 Å². The molecular formula is C17H20N2O9. The van der Waals surface area contributed by atoms with Gasteiger partial charge in [0.1, 0.15) is 17.6 Å². The molecule has 0 radical (unpaired) electrons. The van der Waals surface area contributed by atoms with E-state index in [4.69, 9.17) is 4.74 Å². The molecule has 3 unspecified atom stereocenters. The zero-order chi connectivity index (χ0) is 21.6. The predicted octanol–water partition coefficient (Wildman–Crippen LogP) is 1.65. The van der Waals surface area contributed by atoms with E-state index in [1.54, 1.807) is 6.92 Å². The Labute approximate surface area is 159 Å². The first kappa shape index (κ1) is 22.5. The summed E-state index contributed by atoms with van der Waals surface area (Å²) in [5.74, 6) is -7.86. The number of Topliss-reactive ketones (excluding diaryl/α,β-unsaturated/α-hetero) is 1. The molecule has 11 nitrogen and oxygen atoms in total. The largest absolute Gasteiger partial charge is 0.473 e. The van der Waals surface area contributed by atoms with E-state index in [2.05, 4.69) is 0 Å². The van der Waals surface area contributed by atoms with E-state index >= 15 is 0 Å². The monoisotopic (exact) mass is 396 g/mol. The van der Waals surface area contributed by atoms with E-state index in [-0.39, 0.29) is 0 Å². The normalized spacial score (nSPS) is 15.0. The van der Waals surface area contributed by atoms with Gasteiger partial charge in [0.05, 0.1) is 11.0 Å². The Balaban J connectivity index is 3.78. The minimum absolute atomic E-state index is 0.385. The summed E-state index contributed by atoms with van der Waals surface area (Å²) in [5.41, 5.74) is -2.35. The molecule has 1 rings (SSSR count). The van der Waals surface area contributed by atoms with Crippen LogP contribution in [0.1, 0.15) is 38.7 Å². The number of carbonyl (C=O) groups excluding carboxylic acids is 2. The van der Waals surface area contributed by atoms with Crippen molar-refractivity contribution in [1.29, 1.82) is 0 Å². The molecule has 0 bridgehead atoms. The number of ether oxygens (including phenoxy) is 1. The lowest BCUT2D eigenvalue weighted by Crippen LogP contribution is -2.41. The van der Waals surface area contributed by atoms with Crippen molar-refractivity contribution in [2.24, 2.45) is 5.92 Å². The van der Waals surface area contributed by atoms with E-state index in [1.165, 1.54) is 19.1 Å². The first-order valence-corrected chi connectivity index (χ1v) is 8.23. The number of esters is 1. The molecule has 0 aliphatic carbocycles. The Hall–Kier alpha value is -3.50. The summed E-state index contributed by atoms with van der Waals surface area (Å²) in [5, 5.41) is 41.6. The van der Waals surface area contributed by atoms with Gasteiger partial charge < -0.3 is 15.1 Å². The fraction of sp³-hybridized carbons (Fsp3) is 0.412. The minimum atomic E-state index is -1.96. The number of para-hydroxylation sites is 1. The fourth-order valence-corrected chi connectivity index (χ4v) is 2.63. The van der Waals surface area contributed by atoms with Crippen LogP contribution >= 0.6 is 0 Å². The van der Waals surface area contributed by atoms with Crippen LogP contribution < -0.4 is 0 Å². The second-order valence-corrected chi connectivity index (χ2v) is 6.00. The average molecular weight is 396 g/mol. The van der Waals surface area contributed by atoms with Crippen molar-refractivity contribution >= 4 is 29.1 Å². The number of carbonyl (C=O) groups is 3. The topological polar surface area (TPSA) is 170 Å². The van der Waals surface area contributed by atoms with Gasteiger partial charge in [-0.25, -0.2) is 4.79 Å². The SMILES string of the molecule is CCC(C)OC(=O)C(C(C)=O)C(C(C(=O)O)=[N+]([O-])O)c1ccccc1[N+](=O)[O-]. The van der Waals surface area contributed by atoms with Gasteiger partial charge in [0.15, 0.2) is 0 Å². The lowest BCUT2D eigenvalue weighted by molar-refractivity contribution is -0.726. The van der Waals surface area contributed by atoms with Gasteiger partial charge in [-0.1, -0.05) is 25.1 Å². The number of aliphatic carboxylic acids is 1. The number of nitrogens with zero attached hydrogens (tertiary/aromatic N) is 2. The second-order valence-electron chi connectivity index (χ2n) is 6.00. The number of ketones is 1. The van der Waals surface area contributed by atoms with Crippen LogP contribution in [0.5, 0.6) is 0 Å². The number of benzene rings is 1. The smallest absolute Gasteiger partial charge is 0.403 e. The van der Waals surface area contributed by atoms with Crippen molar-refractivity contribution in [3.8, 4) is 0 Å². The summed E-state index contributed by atoms with van der Waals surface area (Å²) in [6.45, 7) is 4.18. The molecule has 3 atom stereocenters. The van der Waals surface area contributed by atoms with Crippen molar-refractivity contribution in [1.82, 2.24) is 0 Å². The van der Waals surface area contributed by atoms with Gasteiger partial charge in [0.25, 0.3) is 5.69 Å². The van der Waals surface area contributed by atoms with Gasteiger partial charge in [-0.2, -0.15) is 0 Å². The Morgan fingerprint density at radius 3 is 2.21 bits per heavy atom. The maximum Gasteiger partial charge on any atom is 0.403 e. The number of carboxylic acid groups (broad SMARTS) is 1. The highest BCUT2D eigenvalue weighted by molar-refractivity contribution is 6.37. The number of carboxylic acids is 1. The van der Waals surface area contributed by atoms with Crippen LogP contribution in [0.3, 0.4) is 0 Å². The fourth-order valence-electron chi connectivity index (χ4n) is 2.63. The molecule has 0 amide bonds. The summed E-state index contributed by atoms with van der Waals surface area (Å²) < 4.78 is 5.10. The molecule has 0 aliphatic heterocycles. The second kappa shape index (κ2) is 9.44. The van der Waals surface area contributed by atoms with Crippen LogP contribution in [-0.2, 0) is 19.1 Å². The first-order valence-electron chi connectivity index (χ1n) is 8.23. The molecule has 0 aliphatic rings.